The summed E-state index contributed by atoms with van der Waals surface area (Å²) in [4.78, 5) is 5.19. The zero-order valence-electron chi connectivity index (χ0n) is 17.6. The largest absolute Gasteiger partial charge is 0.294 e. The molecule has 3 aromatic heterocycles. The van der Waals surface area contributed by atoms with E-state index in [1.54, 1.807) is 0 Å². The van der Waals surface area contributed by atoms with Gasteiger partial charge < -0.3 is 0 Å². The highest BCUT2D eigenvalue weighted by molar-refractivity contribution is 9.10. The van der Waals surface area contributed by atoms with Crippen LogP contribution in [0.25, 0.3) is 55.2 Å². The molecule has 4 heteroatoms. The monoisotopic (exact) mass is 487 g/mol. The maximum absolute atomic E-state index is 5.19. The van der Waals surface area contributed by atoms with Gasteiger partial charge >= 0.3 is 0 Å². The Morgan fingerprint density at radius 2 is 0.909 bits per heavy atom. The molecule has 4 aromatic carbocycles. The van der Waals surface area contributed by atoms with Crippen molar-refractivity contribution < 1.29 is 0 Å². The lowest BCUT2D eigenvalue weighted by atomic mass is 10.2. The van der Waals surface area contributed by atoms with E-state index in [-0.39, 0.29) is 0 Å². The number of hydrogen-bond acceptors (Lipinski definition) is 1. The summed E-state index contributed by atoms with van der Waals surface area (Å²) in [7, 11) is 0. The first-order chi connectivity index (χ1) is 16.3. The van der Waals surface area contributed by atoms with Crippen molar-refractivity contribution in [2.24, 2.45) is 0 Å². The Morgan fingerprint density at radius 1 is 0.455 bits per heavy atom. The lowest BCUT2D eigenvalue weighted by Crippen LogP contribution is -2.02. The highest BCUT2D eigenvalue weighted by Gasteiger charge is 2.16. The van der Waals surface area contributed by atoms with Gasteiger partial charge in [-0.05, 0) is 48.5 Å². The number of nitrogens with zero attached hydrogens (tertiary/aromatic N) is 3. The summed E-state index contributed by atoms with van der Waals surface area (Å²) < 4.78 is 5.59. The van der Waals surface area contributed by atoms with Crippen LogP contribution in [0.5, 0.6) is 0 Å². The number of halogens is 1. The zero-order valence-corrected chi connectivity index (χ0v) is 19.2. The molecule has 7 aromatic rings. The smallest absolute Gasteiger partial charge is 0.140 e. The van der Waals surface area contributed by atoms with Gasteiger partial charge in [-0.3, -0.25) is 9.13 Å². The summed E-state index contributed by atoms with van der Waals surface area (Å²) in [5.41, 5.74) is 4.62. The van der Waals surface area contributed by atoms with Crippen molar-refractivity contribution in [3.05, 3.63) is 114 Å². The van der Waals surface area contributed by atoms with Crippen molar-refractivity contribution >= 4 is 59.5 Å². The Balaban J connectivity index is 1.55. The molecule has 0 aliphatic carbocycles. The number of fused-ring (bicyclic) bond motifs is 6. The predicted octanol–water partition coefficient (Wildman–Crippen LogP) is 8.04. The molecule has 0 saturated carbocycles. The number of pyridine rings is 1. The molecule has 0 radical (unpaired) electrons. The second kappa shape index (κ2) is 7.06. The second-order valence-corrected chi connectivity index (χ2v) is 9.15. The zero-order chi connectivity index (χ0) is 21.9. The van der Waals surface area contributed by atoms with Gasteiger partial charge in [-0.25, -0.2) is 4.98 Å². The van der Waals surface area contributed by atoms with E-state index in [1.165, 1.54) is 21.5 Å². The molecule has 7 rings (SSSR count). The van der Waals surface area contributed by atoms with E-state index in [0.717, 1.165) is 38.2 Å². The number of para-hydroxylation sites is 3. The third-order valence-corrected chi connectivity index (χ3v) is 6.89. The van der Waals surface area contributed by atoms with Gasteiger partial charge in [-0.2, -0.15) is 0 Å². The van der Waals surface area contributed by atoms with E-state index >= 15 is 0 Å². The molecule has 3 nitrogen and oxygen atoms in total. The highest BCUT2D eigenvalue weighted by Crippen LogP contribution is 2.34. The maximum Gasteiger partial charge on any atom is 0.140 e. The lowest BCUT2D eigenvalue weighted by molar-refractivity contribution is 1.01. The van der Waals surface area contributed by atoms with Crippen LogP contribution in [-0.4, -0.2) is 14.1 Å². The number of hydrogen-bond donors (Lipinski definition) is 0. The fourth-order valence-electron chi connectivity index (χ4n) is 5.02. The van der Waals surface area contributed by atoms with Crippen LogP contribution in [-0.2, 0) is 0 Å². The Kier molecular flexibility index (Phi) is 3.99. The molecular formula is C29H18BrN3. The summed E-state index contributed by atoms with van der Waals surface area (Å²) in [6, 6.07) is 38.3. The molecule has 0 bridgehead atoms. The third kappa shape index (κ3) is 2.71. The van der Waals surface area contributed by atoms with Crippen molar-refractivity contribution in [1.29, 1.82) is 0 Å². The van der Waals surface area contributed by atoms with Crippen molar-refractivity contribution in [2.45, 2.75) is 0 Å². The van der Waals surface area contributed by atoms with Gasteiger partial charge in [-0.1, -0.05) is 76.6 Å². The van der Waals surface area contributed by atoms with Gasteiger partial charge in [0.05, 0.1) is 22.1 Å². The van der Waals surface area contributed by atoms with Gasteiger partial charge in [-0.15, -0.1) is 0 Å². The van der Waals surface area contributed by atoms with Crippen LogP contribution in [0.2, 0.25) is 0 Å². The van der Waals surface area contributed by atoms with E-state index in [1.807, 2.05) is 0 Å². The molecule has 0 aliphatic rings. The van der Waals surface area contributed by atoms with E-state index < -0.39 is 0 Å². The van der Waals surface area contributed by atoms with E-state index in [0.29, 0.717) is 0 Å². The minimum Gasteiger partial charge on any atom is -0.294 e. The second-order valence-electron chi connectivity index (χ2n) is 8.24. The average molecular weight is 488 g/mol. The van der Waals surface area contributed by atoms with Crippen LogP contribution in [0.1, 0.15) is 0 Å². The highest BCUT2D eigenvalue weighted by atomic mass is 79.9. The van der Waals surface area contributed by atoms with Gasteiger partial charge in [0.2, 0.25) is 0 Å². The Bertz CT molecular complexity index is 1790. The molecule has 0 saturated heterocycles. The number of benzene rings is 4. The molecule has 3 heterocycles. The first-order valence-electron chi connectivity index (χ1n) is 10.9. The summed E-state index contributed by atoms with van der Waals surface area (Å²) in [5.74, 6) is 1.82. The first-order valence-corrected chi connectivity index (χ1v) is 11.7. The normalized spacial score (nSPS) is 11.8. The molecule has 0 unspecified atom stereocenters. The molecule has 33 heavy (non-hydrogen) atoms. The van der Waals surface area contributed by atoms with Gasteiger partial charge in [0.1, 0.15) is 11.6 Å². The van der Waals surface area contributed by atoms with Gasteiger partial charge in [0.15, 0.2) is 0 Å². The Morgan fingerprint density at radius 3 is 1.45 bits per heavy atom. The van der Waals surface area contributed by atoms with Gasteiger partial charge in [0, 0.05) is 26.0 Å². The molecule has 0 N–H and O–H groups in total. The first kappa shape index (κ1) is 18.7. The number of aromatic nitrogens is 3. The van der Waals surface area contributed by atoms with Crippen LogP contribution < -0.4 is 0 Å². The van der Waals surface area contributed by atoms with Crippen LogP contribution in [0.3, 0.4) is 0 Å². The molecule has 0 fully saturated rings. The topological polar surface area (TPSA) is 22.8 Å². The van der Waals surface area contributed by atoms with Crippen LogP contribution in [0, 0.1) is 0 Å². The lowest BCUT2D eigenvalue weighted by Gasteiger charge is -2.11. The maximum atomic E-state index is 5.19. The molecule has 0 amide bonds. The van der Waals surface area contributed by atoms with E-state index in [2.05, 4.69) is 134 Å². The quantitative estimate of drug-likeness (QED) is 0.242. The number of rotatable bonds is 2. The minimum absolute atomic E-state index is 0.905. The molecular weight excluding hydrogens is 470 g/mol. The van der Waals surface area contributed by atoms with Crippen molar-refractivity contribution in [3.8, 4) is 11.6 Å². The Labute approximate surface area is 198 Å². The van der Waals surface area contributed by atoms with Crippen LogP contribution in [0.4, 0.5) is 0 Å². The predicted molar refractivity (Wildman–Crippen MR) is 141 cm³/mol. The van der Waals surface area contributed by atoms with Crippen LogP contribution in [0.15, 0.2) is 114 Å². The average Bonchev–Trinajstić information content (AvgIpc) is 3.37. The molecule has 0 spiro atoms. The van der Waals surface area contributed by atoms with Gasteiger partial charge in [0.25, 0.3) is 0 Å². The molecule has 0 aliphatic heterocycles. The standard InChI is InChI=1S/C29H18BrN3/c30-19-16-17-27-23(18-19)22-10-3-6-13-26(22)33(27)29-15-7-14-28(31-29)32-24-11-4-1-8-20(24)21-9-2-5-12-25(21)32/h1-18H. The fourth-order valence-corrected chi connectivity index (χ4v) is 5.38. The van der Waals surface area contributed by atoms with E-state index in [4.69, 9.17) is 4.98 Å². The summed E-state index contributed by atoms with van der Waals surface area (Å²) in [5, 5.41) is 4.91. The summed E-state index contributed by atoms with van der Waals surface area (Å²) in [6.07, 6.45) is 0. The van der Waals surface area contributed by atoms with Crippen molar-refractivity contribution in [1.82, 2.24) is 14.1 Å². The van der Waals surface area contributed by atoms with Crippen molar-refractivity contribution in [2.75, 3.05) is 0 Å². The SMILES string of the molecule is Brc1ccc2c(c1)c1ccccc1n2-c1cccc(-n2c3ccccc3c3ccccc32)n1. The fraction of sp³-hybridized carbons (Fsp3) is 0. The van der Waals surface area contributed by atoms with E-state index in [9.17, 15) is 0 Å². The molecule has 156 valence electrons. The van der Waals surface area contributed by atoms with Crippen LogP contribution >= 0.6 is 15.9 Å². The third-order valence-electron chi connectivity index (χ3n) is 6.39. The Hall–Kier alpha value is -3.89. The van der Waals surface area contributed by atoms with Crippen molar-refractivity contribution in [3.63, 3.8) is 0 Å². The minimum atomic E-state index is 0.905. The summed E-state index contributed by atoms with van der Waals surface area (Å²) >= 11 is 3.64. The summed E-state index contributed by atoms with van der Waals surface area (Å²) in [6.45, 7) is 0. The molecule has 0 atom stereocenters.